The number of hydrogen-bond donors (Lipinski definition) is 2. The summed E-state index contributed by atoms with van der Waals surface area (Å²) in [6.45, 7) is 0. The highest BCUT2D eigenvalue weighted by atomic mass is 35.5. The summed E-state index contributed by atoms with van der Waals surface area (Å²) in [5, 5.41) is 0.421. The van der Waals surface area contributed by atoms with E-state index in [2.05, 4.69) is 10.4 Å². The molecule has 1 aromatic heterocycles. The number of nitrogens with one attached hydrogen (secondary N) is 2. The number of hydrogen-bond acceptors (Lipinski definition) is 4. The predicted molar refractivity (Wildman–Crippen MR) is 73.5 cm³/mol. The maximum Gasteiger partial charge on any atom is 0.266 e. The zero-order valence-corrected chi connectivity index (χ0v) is 11.6. The van der Waals surface area contributed by atoms with E-state index in [4.69, 9.17) is 11.6 Å². The molecule has 0 atom stereocenters. The minimum Gasteiger partial charge on any atom is -0.273 e. The monoisotopic (exact) mass is 311 g/mol. The van der Waals surface area contributed by atoms with Gasteiger partial charge in [0.1, 0.15) is 0 Å². The van der Waals surface area contributed by atoms with E-state index in [1.165, 1.54) is 48.8 Å². The van der Waals surface area contributed by atoms with Crippen molar-refractivity contribution in [1.82, 2.24) is 15.2 Å². The first-order chi connectivity index (χ1) is 9.49. The fourth-order valence-electron chi connectivity index (χ4n) is 1.36. The van der Waals surface area contributed by atoms with Gasteiger partial charge in [-0.25, -0.2) is 8.42 Å². The molecule has 2 rings (SSSR count). The fraction of sp³-hybridized carbons (Fsp3) is 0. The summed E-state index contributed by atoms with van der Waals surface area (Å²) in [4.78, 5) is 17.5. The van der Waals surface area contributed by atoms with Gasteiger partial charge in [0.25, 0.3) is 15.9 Å². The van der Waals surface area contributed by atoms with Crippen molar-refractivity contribution >= 4 is 27.5 Å². The lowest BCUT2D eigenvalue weighted by Crippen LogP contribution is -2.41. The van der Waals surface area contributed by atoms with Crippen molar-refractivity contribution in [3.05, 3.63) is 59.4 Å². The highest BCUT2D eigenvalue weighted by molar-refractivity contribution is 7.89. The van der Waals surface area contributed by atoms with Crippen LogP contribution in [0.2, 0.25) is 5.02 Å². The minimum atomic E-state index is -3.84. The summed E-state index contributed by atoms with van der Waals surface area (Å²) in [6, 6.07) is 8.49. The first-order valence-corrected chi connectivity index (χ1v) is 7.33. The van der Waals surface area contributed by atoms with Crippen molar-refractivity contribution in [3.63, 3.8) is 0 Å². The van der Waals surface area contributed by atoms with Gasteiger partial charge in [-0.15, -0.1) is 4.83 Å². The second-order valence-electron chi connectivity index (χ2n) is 3.75. The number of carbonyl (C=O) groups is 1. The van der Waals surface area contributed by atoms with Crippen LogP contribution in [0.15, 0.2) is 53.7 Å². The number of amides is 1. The Balaban J connectivity index is 2.06. The fourth-order valence-corrected chi connectivity index (χ4v) is 2.33. The van der Waals surface area contributed by atoms with Crippen LogP contribution in [0.25, 0.3) is 0 Å². The molecule has 0 saturated heterocycles. The Morgan fingerprint density at radius 1 is 1.05 bits per heavy atom. The maximum atomic E-state index is 11.9. The van der Waals surface area contributed by atoms with E-state index in [1.807, 2.05) is 4.83 Å². The van der Waals surface area contributed by atoms with Crippen LogP contribution in [0.4, 0.5) is 0 Å². The molecule has 0 radical (unpaired) electrons. The number of sulfonamides is 1. The Kier molecular flexibility index (Phi) is 4.33. The van der Waals surface area contributed by atoms with Crippen LogP contribution >= 0.6 is 11.6 Å². The largest absolute Gasteiger partial charge is 0.273 e. The van der Waals surface area contributed by atoms with Gasteiger partial charge in [0, 0.05) is 23.0 Å². The van der Waals surface area contributed by atoms with Crippen molar-refractivity contribution in [2.24, 2.45) is 0 Å². The smallest absolute Gasteiger partial charge is 0.266 e. The second-order valence-corrected chi connectivity index (χ2v) is 5.87. The zero-order valence-electron chi connectivity index (χ0n) is 10.1. The Bertz CT molecular complexity index is 702. The molecule has 0 spiro atoms. The van der Waals surface area contributed by atoms with Crippen LogP contribution < -0.4 is 10.3 Å². The second kappa shape index (κ2) is 6.00. The van der Waals surface area contributed by atoms with E-state index in [-0.39, 0.29) is 4.90 Å². The molecule has 1 heterocycles. The molecule has 20 heavy (non-hydrogen) atoms. The Morgan fingerprint density at radius 3 is 2.25 bits per heavy atom. The van der Waals surface area contributed by atoms with E-state index in [0.29, 0.717) is 10.6 Å². The third-order valence-corrected chi connectivity index (χ3v) is 3.88. The number of pyridine rings is 1. The van der Waals surface area contributed by atoms with Crippen LogP contribution in [0.5, 0.6) is 0 Å². The summed E-state index contributed by atoms with van der Waals surface area (Å²) in [6.07, 6.45) is 2.87. The number of benzene rings is 1. The van der Waals surface area contributed by atoms with Crippen molar-refractivity contribution in [3.8, 4) is 0 Å². The first kappa shape index (κ1) is 14.4. The van der Waals surface area contributed by atoms with Gasteiger partial charge in [-0.05, 0) is 36.4 Å². The molecule has 0 aliphatic carbocycles. The molecule has 0 aliphatic heterocycles. The van der Waals surface area contributed by atoms with Gasteiger partial charge in [-0.2, -0.15) is 0 Å². The number of aromatic nitrogens is 1. The number of hydrazine groups is 1. The molecule has 0 aliphatic rings. The molecule has 0 fully saturated rings. The average molecular weight is 312 g/mol. The number of carbonyl (C=O) groups excluding carboxylic acids is 1. The van der Waals surface area contributed by atoms with Gasteiger partial charge >= 0.3 is 0 Å². The predicted octanol–water partition coefficient (Wildman–Crippen LogP) is 1.36. The van der Waals surface area contributed by atoms with Gasteiger partial charge in [0.15, 0.2) is 0 Å². The molecule has 0 bridgehead atoms. The third-order valence-electron chi connectivity index (χ3n) is 2.37. The van der Waals surface area contributed by atoms with Crippen molar-refractivity contribution in [2.45, 2.75) is 4.90 Å². The van der Waals surface area contributed by atoms with Crippen LogP contribution in [0.3, 0.4) is 0 Å². The van der Waals surface area contributed by atoms with Crippen LogP contribution in [0.1, 0.15) is 10.4 Å². The van der Waals surface area contributed by atoms with E-state index in [1.54, 1.807) is 0 Å². The van der Waals surface area contributed by atoms with Crippen molar-refractivity contribution in [2.75, 3.05) is 0 Å². The molecule has 8 heteroatoms. The van der Waals surface area contributed by atoms with E-state index < -0.39 is 15.9 Å². The molecule has 1 amide bonds. The Labute approximate surface area is 120 Å². The summed E-state index contributed by atoms with van der Waals surface area (Å²) >= 11 is 5.68. The minimum absolute atomic E-state index is 0.00284. The van der Waals surface area contributed by atoms with E-state index >= 15 is 0 Å². The molecule has 0 unspecified atom stereocenters. The van der Waals surface area contributed by atoms with Crippen LogP contribution in [0, 0.1) is 0 Å². The summed E-state index contributed by atoms with van der Waals surface area (Å²) in [5.41, 5.74) is 2.41. The Morgan fingerprint density at radius 2 is 1.65 bits per heavy atom. The van der Waals surface area contributed by atoms with Gasteiger partial charge in [-0.3, -0.25) is 15.2 Å². The van der Waals surface area contributed by atoms with Crippen molar-refractivity contribution < 1.29 is 13.2 Å². The lowest BCUT2D eigenvalue weighted by atomic mass is 10.3. The van der Waals surface area contributed by atoms with Gasteiger partial charge in [0.2, 0.25) is 0 Å². The molecule has 2 aromatic rings. The first-order valence-electron chi connectivity index (χ1n) is 5.47. The molecule has 2 N–H and O–H groups in total. The van der Waals surface area contributed by atoms with Gasteiger partial charge < -0.3 is 0 Å². The standard InChI is InChI=1S/C12H10ClN3O3S/c13-10-1-3-11(4-2-10)20(18,19)16-15-12(17)9-5-7-14-8-6-9/h1-8,16H,(H,15,17). The summed E-state index contributed by atoms with van der Waals surface area (Å²) in [7, 11) is -3.84. The SMILES string of the molecule is O=C(NNS(=O)(=O)c1ccc(Cl)cc1)c1ccncc1. The topological polar surface area (TPSA) is 88.2 Å². The quantitative estimate of drug-likeness (QED) is 0.834. The van der Waals surface area contributed by atoms with Crippen LogP contribution in [-0.4, -0.2) is 19.3 Å². The Hall–Kier alpha value is -1.96. The zero-order chi connectivity index (χ0) is 14.6. The lowest BCUT2D eigenvalue weighted by molar-refractivity contribution is 0.0945. The van der Waals surface area contributed by atoms with E-state index in [0.717, 1.165) is 0 Å². The molecular formula is C12H10ClN3O3S. The van der Waals surface area contributed by atoms with E-state index in [9.17, 15) is 13.2 Å². The molecule has 6 nitrogen and oxygen atoms in total. The van der Waals surface area contributed by atoms with Gasteiger partial charge in [0.05, 0.1) is 4.90 Å². The normalized spacial score (nSPS) is 11.1. The summed E-state index contributed by atoms with van der Waals surface area (Å²) < 4.78 is 23.8. The lowest BCUT2D eigenvalue weighted by Gasteiger charge is -2.08. The third kappa shape index (κ3) is 3.53. The highest BCUT2D eigenvalue weighted by Gasteiger charge is 2.15. The average Bonchev–Trinajstić information content (AvgIpc) is 2.46. The van der Waals surface area contributed by atoms with Gasteiger partial charge in [-0.1, -0.05) is 11.6 Å². The molecule has 0 saturated carbocycles. The van der Waals surface area contributed by atoms with Crippen LogP contribution in [-0.2, 0) is 10.0 Å². The maximum absolute atomic E-state index is 11.9. The number of halogens is 1. The number of rotatable bonds is 4. The van der Waals surface area contributed by atoms with Crippen molar-refractivity contribution in [1.29, 1.82) is 0 Å². The summed E-state index contributed by atoms with van der Waals surface area (Å²) in [5.74, 6) is -0.579. The highest BCUT2D eigenvalue weighted by Crippen LogP contribution is 2.13. The number of nitrogens with zero attached hydrogens (tertiary/aromatic N) is 1. The molecule has 104 valence electrons. The molecular weight excluding hydrogens is 302 g/mol. The molecule has 1 aromatic carbocycles.